The van der Waals surface area contributed by atoms with E-state index in [0.29, 0.717) is 5.17 Å². The lowest BCUT2D eigenvalue weighted by Crippen LogP contribution is -2.38. The van der Waals surface area contributed by atoms with Crippen LogP contribution in [0.1, 0.15) is 38.3 Å². The Hall–Kier alpha value is -1.59. The van der Waals surface area contributed by atoms with Crippen molar-refractivity contribution in [2.24, 2.45) is 4.99 Å². The number of hydrogen-bond acceptors (Lipinski definition) is 6. The number of sulfone groups is 1. The lowest BCUT2D eigenvalue weighted by molar-refractivity contribution is -0.117. The standard InChI is InChI=1S/C21H28BrN3O5S2/c1-12-8-14(22)9-13(2)18(12)25-15-10-32(28,29)11-16(15)31-19(25)24-17(26)6-7-23-20(27)30-21(3,4)5/h8-9,15-16H,6-7,10-11H2,1-5H3,(H,23,27)/t15-,16+/m1/s1. The monoisotopic (exact) mass is 545 g/mol. The molecule has 0 aromatic heterocycles. The summed E-state index contributed by atoms with van der Waals surface area (Å²) in [4.78, 5) is 30.6. The highest BCUT2D eigenvalue weighted by Crippen LogP contribution is 2.43. The number of carbonyl (C=O) groups excluding carboxylic acids is 2. The third-order valence-corrected chi connectivity index (χ3v) is 8.66. The number of nitrogens with zero attached hydrogens (tertiary/aromatic N) is 2. The number of aliphatic imine (C=N–C) groups is 1. The third kappa shape index (κ3) is 6.05. The minimum atomic E-state index is -3.14. The molecule has 0 bridgehead atoms. The number of halogens is 1. The molecular weight excluding hydrogens is 518 g/mol. The van der Waals surface area contributed by atoms with E-state index in [1.54, 1.807) is 20.8 Å². The molecule has 32 heavy (non-hydrogen) atoms. The highest BCUT2D eigenvalue weighted by Gasteiger charge is 2.50. The van der Waals surface area contributed by atoms with Gasteiger partial charge in [-0.25, -0.2) is 13.2 Å². The normalized spacial score (nSPS) is 23.3. The van der Waals surface area contributed by atoms with Crippen molar-refractivity contribution in [3.63, 3.8) is 0 Å². The van der Waals surface area contributed by atoms with Crippen LogP contribution < -0.4 is 10.2 Å². The van der Waals surface area contributed by atoms with E-state index in [0.717, 1.165) is 21.3 Å². The van der Waals surface area contributed by atoms with Crippen molar-refractivity contribution in [2.45, 2.75) is 57.9 Å². The fourth-order valence-corrected chi connectivity index (χ4v) is 8.46. The minimum absolute atomic E-state index is 0.0169. The second-order valence-corrected chi connectivity index (χ2v) is 13.3. The molecule has 2 saturated heterocycles. The number of carbonyl (C=O) groups is 2. The number of alkyl carbamates (subject to hydrolysis) is 1. The summed E-state index contributed by atoms with van der Waals surface area (Å²) in [7, 11) is -3.14. The van der Waals surface area contributed by atoms with Crippen LogP contribution in [0.2, 0.25) is 0 Å². The lowest BCUT2D eigenvalue weighted by atomic mass is 10.1. The van der Waals surface area contributed by atoms with Crippen molar-refractivity contribution in [1.82, 2.24) is 5.32 Å². The van der Waals surface area contributed by atoms with Crippen LogP contribution in [-0.4, -0.2) is 60.5 Å². The topological polar surface area (TPSA) is 105 Å². The molecule has 0 radical (unpaired) electrons. The van der Waals surface area contributed by atoms with Gasteiger partial charge in [0.2, 0.25) is 5.91 Å². The largest absolute Gasteiger partial charge is 0.444 e. The van der Waals surface area contributed by atoms with Crippen molar-refractivity contribution in [2.75, 3.05) is 23.0 Å². The van der Waals surface area contributed by atoms with Gasteiger partial charge in [0.1, 0.15) is 5.60 Å². The first kappa shape index (κ1) is 25.0. The number of ether oxygens (including phenoxy) is 1. The van der Waals surface area contributed by atoms with E-state index in [9.17, 15) is 18.0 Å². The Balaban J connectivity index is 1.80. The van der Waals surface area contributed by atoms with Gasteiger partial charge in [-0.3, -0.25) is 4.79 Å². The van der Waals surface area contributed by atoms with Crippen molar-refractivity contribution in [3.8, 4) is 0 Å². The van der Waals surface area contributed by atoms with Gasteiger partial charge in [-0.05, 0) is 57.9 Å². The van der Waals surface area contributed by atoms with E-state index in [4.69, 9.17) is 4.74 Å². The molecule has 2 atom stereocenters. The Kier molecular flexibility index (Phi) is 7.31. The number of anilines is 1. The van der Waals surface area contributed by atoms with E-state index in [2.05, 4.69) is 26.2 Å². The van der Waals surface area contributed by atoms with Crippen LogP contribution in [0.3, 0.4) is 0 Å². The first-order chi connectivity index (χ1) is 14.8. The summed E-state index contributed by atoms with van der Waals surface area (Å²) >= 11 is 4.83. The molecule has 0 saturated carbocycles. The summed E-state index contributed by atoms with van der Waals surface area (Å²) in [6.45, 7) is 9.31. The quantitative estimate of drug-likeness (QED) is 0.616. The van der Waals surface area contributed by atoms with Gasteiger partial charge < -0.3 is 15.0 Å². The van der Waals surface area contributed by atoms with Crippen molar-refractivity contribution in [3.05, 3.63) is 27.7 Å². The van der Waals surface area contributed by atoms with Crippen molar-refractivity contribution in [1.29, 1.82) is 0 Å². The fourth-order valence-electron chi connectivity index (χ4n) is 3.86. The molecule has 3 rings (SSSR count). The first-order valence-electron chi connectivity index (χ1n) is 10.3. The van der Waals surface area contributed by atoms with E-state index >= 15 is 0 Å². The summed E-state index contributed by atoms with van der Waals surface area (Å²) in [5.74, 6) is -0.280. The fraction of sp³-hybridized carbons (Fsp3) is 0.571. The zero-order valence-electron chi connectivity index (χ0n) is 18.8. The molecule has 1 aromatic rings. The molecule has 2 amide bonds. The number of amides is 2. The smallest absolute Gasteiger partial charge is 0.407 e. The molecule has 11 heteroatoms. The molecule has 0 aliphatic carbocycles. The van der Waals surface area contributed by atoms with Crippen LogP contribution in [0.4, 0.5) is 10.5 Å². The van der Waals surface area contributed by atoms with Crippen LogP contribution in [0.15, 0.2) is 21.6 Å². The van der Waals surface area contributed by atoms with Crippen LogP contribution in [0.25, 0.3) is 0 Å². The van der Waals surface area contributed by atoms with Gasteiger partial charge in [-0.15, -0.1) is 0 Å². The third-order valence-electron chi connectivity index (χ3n) is 4.99. The average molecular weight is 547 g/mol. The second kappa shape index (κ2) is 9.34. The van der Waals surface area contributed by atoms with Crippen LogP contribution in [-0.2, 0) is 19.4 Å². The van der Waals surface area contributed by atoms with Crippen LogP contribution >= 0.6 is 27.7 Å². The van der Waals surface area contributed by atoms with Crippen LogP contribution in [0, 0.1) is 13.8 Å². The van der Waals surface area contributed by atoms with Gasteiger partial charge >= 0.3 is 6.09 Å². The predicted octanol–water partition coefficient (Wildman–Crippen LogP) is 3.58. The van der Waals surface area contributed by atoms with Gasteiger partial charge in [0.05, 0.1) is 17.5 Å². The Morgan fingerprint density at radius 1 is 1.25 bits per heavy atom. The summed E-state index contributed by atoms with van der Waals surface area (Å²) in [6, 6.07) is 3.66. The molecule has 1 aromatic carbocycles. The number of nitrogens with one attached hydrogen (secondary N) is 1. The Bertz CT molecular complexity index is 1040. The first-order valence-corrected chi connectivity index (χ1v) is 13.8. The zero-order chi connectivity index (χ0) is 23.8. The Morgan fingerprint density at radius 2 is 1.88 bits per heavy atom. The van der Waals surface area contributed by atoms with E-state index in [-0.39, 0.29) is 41.7 Å². The number of thioether (sulfide) groups is 1. The van der Waals surface area contributed by atoms with Gasteiger partial charge in [-0.1, -0.05) is 27.7 Å². The van der Waals surface area contributed by atoms with Gasteiger partial charge in [-0.2, -0.15) is 4.99 Å². The summed E-state index contributed by atoms with van der Waals surface area (Å²) in [6.07, 6.45) is -0.570. The average Bonchev–Trinajstić information content (AvgIpc) is 3.04. The Labute approximate surface area is 201 Å². The summed E-state index contributed by atoms with van der Waals surface area (Å²) < 4.78 is 30.6. The molecule has 2 fully saturated rings. The zero-order valence-corrected chi connectivity index (χ0v) is 22.0. The van der Waals surface area contributed by atoms with E-state index < -0.39 is 21.5 Å². The number of hydrogen-bond donors (Lipinski definition) is 1. The number of fused-ring (bicyclic) bond motifs is 1. The van der Waals surface area contributed by atoms with Gasteiger partial charge in [0.15, 0.2) is 15.0 Å². The van der Waals surface area contributed by atoms with Gasteiger partial charge in [0, 0.05) is 28.4 Å². The van der Waals surface area contributed by atoms with Crippen molar-refractivity contribution < 1.29 is 22.7 Å². The van der Waals surface area contributed by atoms with E-state index in [1.165, 1.54) is 11.8 Å². The van der Waals surface area contributed by atoms with E-state index in [1.807, 2.05) is 30.9 Å². The maximum Gasteiger partial charge on any atom is 0.407 e. The highest BCUT2D eigenvalue weighted by atomic mass is 79.9. The maximum absolute atomic E-state index is 12.6. The van der Waals surface area contributed by atoms with Crippen molar-refractivity contribution >= 4 is 60.4 Å². The number of rotatable bonds is 4. The summed E-state index contributed by atoms with van der Waals surface area (Å²) in [5, 5.41) is 2.89. The predicted molar refractivity (Wildman–Crippen MR) is 131 cm³/mol. The molecule has 0 unspecified atom stereocenters. The minimum Gasteiger partial charge on any atom is -0.444 e. The molecule has 176 valence electrons. The number of amidine groups is 1. The number of aryl methyl sites for hydroxylation is 2. The highest BCUT2D eigenvalue weighted by molar-refractivity contribution is 9.10. The molecule has 1 N–H and O–H groups in total. The molecule has 8 nitrogen and oxygen atoms in total. The number of benzene rings is 1. The molecule has 2 aliphatic rings. The molecular formula is C21H28BrN3O5S2. The maximum atomic E-state index is 12.6. The lowest BCUT2D eigenvalue weighted by Gasteiger charge is -2.28. The molecule has 2 heterocycles. The molecule has 2 aliphatic heterocycles. The molecule has 0 spiro atoms. The SMILES string of the molecule is Cc1cc(Br)cc(C)c1N1C(=NC(=O)CCNC(=O)OC(C)(C)C)S[C@H]2CS(=O)(=O)C[C@H]21. The van der Waals surface area contributed by atoms with Gasteiger partial charge in [0.25, 0.3) is 0 Å². The second-order valence-electron chi connectivity index (χ2n) is 9.03. The van der Waals surface area contributed by atoms with Crippen LogP contribution in [0.5, 0.6) is 0 Å². The summed E-state index contributed by atoms with van der Waals surface area (Å²) in [5.41, 5.74) is 2.19. The Morgan fingerprint density at radius 3 is 2.47 bits per heavy atom.